The van der Waals surface area contributed by atoms with Crippen LogP contribution in [0, 0.1) is 0 Å². The molecule has 0 aromatic carbocycles. The normalized spacial score (nSPS) is 11.3. The fourth-order valence-electron chi connectivity index (χ4n) is 1.54. The van der Waals surface area contributed by atoms with Gasteiger partial charge in [0.25, 0.3) is 5.91 Å². The molecule has 0 bridgehead atoms. The van der Waals surface area contributed by atoms with E-state index in [0.29, 0.717) is 10.7 Å². The van der Waals surface area contributed by atoms with Crippen LogP contribution in [0.4, 0.5) is 0 Å². The fourth-order valence-corrected chi connectivity index (χ4v) is 1.79. The Morgan fingerprint density at radius 3 is 2.53 bits per heavy atom. The first-order valence-electron chi connectivity index (χ1n) is 5.07. The molecule has 1 aromatic heterocycles. The number of halogens is 1. The predicted molar refractivity (Wildman–Crippen MR) is 64.2 cm³/mol. The number of nitrogens with zero attached hydrogens (tertiary/aromatic N) is 1. The summed E-state index contributed by atoms with van der Waals surface area (Å²) in [6, 6.07) is 1.54. The number of aryl methyl sites for hydroxylation is 1. The van der Waals surface area contributed by atoms with Gasteiger partial charge in [0, 0.05) is 18.8 Å². The lowest BCUT2D eigenvalue weighted by Gasteiger charge is -2.24. The van der Waals surface area contributed by atoms with Gasteiger partial charge >= 0.3 is 5.97 Å². The molecule has 0 spiro atoms. The minimum atomic E-state index is -0.958. The van der Waals surface area contributed by atoms with Crippen LogP contribution in [0.1, 0.15) is 30.8 Å². The van der Waals surface area contributed by atoms with Crippen LogP contribution in [0.3, 0.4) is 0 Å². The van der Waals surface area contributed by atoms with Crippen LogP contribution in [0.2, 0.25) is 5.02 Å². The lowest BCUT2D eigenvalue weighted by molar-refractivity contribution is -0.138. The summed E-state index contributed by atoms with van der Waals surface area (Å²) in [5.74, 6) is -1.30. The van der Waals surface area contributed by atoms with Crippen LogP contribution in [0.5, 0.6) is 0 Å². The van der Waals surface area contributed by atoms with Crippen LogP contribution in [0.15, 0.2) is 12.3 Å². The Hall–Kier alpha value is -1.49. The van der Waals surface area contributed by atoms with Crippen molar-refractivity contribution in [3.8, 4) is 0 Å². The van der Waals surface area contributed by atoms with Gasteiger partial charge in [-0.25, -0.2) is 0 Å². The van der Waals surface area contributed by atoms with Crippen LogP contribution in [-0.2, 0) is 11.8 Å². The maximum absolute atomic E-state index is 11.9. The Labute approximate surface area is 104 Å². The maximum atomic E-state index is 11.9. The first-order chi connectivity index (χ1) is 7.71. The van der Waals surface area contributed by atoms with E-state index in [1.165, 1.54) is 6.07 Å². The van der Waals surface area contributed by atoms with Gasteiger partial charge in [0.05, 0.1) is 11.4 Å². The summed E-state index contributed by atoms with van der Waals surface area (Å²) in [6.07, 6.45) is 1.47. The molecule has 0 fully saturated rings. The zero-order valence-corrected chi connectivity index (χ0v) is 10.7. The van der Waals surface area contributed by atoms with Crippen molar-refractivity contribution in [1.82, 2.24) is 9.88 Å². The number of carboxylic acids is 1. The third-order valence-corrected chi connectivity index (χ3v) is 2.46. The first kappa shape index (κ1) is 13.6. The van der Waals surface area contributed by atoms with E-state index < -0.39 is 11.5 Å². The molecule has 0 saturated heterocycles. The second kappa shape index (κ2) is 4.79. The molecule has 0 saturated carbocycles. The Bertz CT molecular complexity index is 452. The van der Waals surface area contributed by atoms with Crippen LogP contribution in [0.25, 0.3) is 0 Å². The van der Waals surface area contributed by atoms with Crippen molar-refractivity contribution < 1.29 is 14.7 Å². The highest BCUT2D eigenvalue weighted by molar-refractivity contribution is 6.31. The summed E-state index contributed by atoms with van der Waals surface area (Å²) in [6.45, 7) is 3.31. The van der Waals surface area contributed by atoms with E-state index in [1.54, 1.807) is 31.7 Å². The Balaban J connectivity index is 2.79. The second-order valence-electron chi connectivity index (χ2n) is 4.56. The van der Waals surface area contributed by atoms with Gasteiger partial charge in [0.1, 0.15) is 5.69 Å². The van der Waals surface area contributed by atoms with Gasteiger partial charge in [-0.1, -0.05) is 11.6 Å². The smallest absolute Gasteiger partial charge is 0.305 e. The Kier molecular flexibility index (Phi) is 3.83. The van der Waals surface area contributed by atoms with E-state index in [1.807, 2.05) is 0 Å². The minimum Gasteiger partial charge on any atom is -0.481 e. The van der Waals surface area contributed by atoms with Gasteiger partial charge in [0.2, 0.25) is 0 Å². The van der Waals surface area contributed by atoms with E-state index >= 15 is 0 Å². The molecule has 1 amide bonds. The maximum Gasteiger partial charge on any atom is 0.305 e. The molecule has 94 valence electrons. The average Bonchev–Trinajstić information content (AvgIpc) is 2.41. The van der Waals surface area contributed by atoms with Gasteiger partial charge < -0.3 is 15.0 Å². The summed E-state index contributed by atoms with van der Waals surface area (Å²) in [5, 5.41) is 11.8. The molecule has 2 N–H and O–H groups in total. The molecule has 1 heterocycles. The zero-order valence-electron chi connectivity index (χ0n) is 9.95. The van der Waals surface area contributed by atoms with Crippen molar-refractivity contribution in [3.05, 3.63) is 23.0 Å². The van der Waals surface area contributed by atoms with Gasteiger partial charge in [-0.2, -0.15) is 0 Å². The van der Waals surface area contributed by atoms with E-state index in [0.717, 1.165) is 0 Å². The zero-order chi connectivity index (χ0) is 13.2. The highest BCUT2D eigenvalue weighted by Gasteiger charge is 2.25. The summed E-state index contributed by atoms with van der Waals surface area (Å²) >= 11 is 5.77. The molecule has 0 aliphatic rings. The lowest BCUT2D eigenvalue weighted by atomic mass is 10.0. The number of hydrogen-bond acceptors (Lipinski definition) is 2. The summed E-state index contributed by atoms with van der Waals surface area (Å²) in [5.41, 5.74) is -0.409. The van der Waals surface area contributed by atoms with Crippen molar-refractivity contribution in [2.45, 2.75) is 25.8 Å². The summed E-state index contributed by atoms with van der Waals surface area (Å²) in [7, 11) is 1.70. The average molecular weight is 259 g/mol. The highest BCUT2D eigenvalue weighted by atomic mass is 35.5. The van der Waals surface area contributed by atoms with Crippen molar-refractivity contribution >= 4 is 23.5 Å². The molecule has 0 radical (unpaired) electrons. The number of hydrogen-bond donors (Lipinski definition) is 2. The second-order valence-corrected chi connectivity index (χ2v) is 5.00. The van der Waals surface area contributed by atoms with Gasteiger partial charge in [-0.05, 0) is 19.9 Å². The lowest BCUT2D eigenvalue weighted by Crippen LogP contribution is -2.45. The van der Waals surface area contributed by atoms with Crippen LogP contribution >= 0.6 is 11.6 Å². The standard InChI is InChI=1S/C11H15ClN2O3/c1-11(2,5-9(15)16)13-10(17)8-4-7(12)6-14(8)3/h4,6H,5H2,1-3H3,(H,13,17)(H,15,16). The SMILES string of the molecule is Cn1cc(Cl)cc1C(=O)NC(C)(C)CC(=O)O. The summed E-state index contributed by atoms with van der Waals surface area (Å²) in [4.78, 5) is 22.5. The number of carboxylic acid groups (broad SMARTS) is 1. The minimum absolute atomic E-state index is 0.142. The molecule has 1 rings (SSSR count). The Morgan fingerprint density at radius 1 is 1.53 bits per heavy atom. The van der Waals surface area contributed by atoms with Crippen LogP contribution < -0.4 is 5.32 Å². The number of nitrogens with one attached hydrogen (secondary N) is 1. The first-order valence-corrected chi connectivity index (χ1v) is 5.45. The number of aliphatic carboxylic acids is 1. The molecule has 5 nitrogen and oxygen atoms in total. The molecule has 0 aliphatic heterocycles. The quantitative estimate of drug-likeness (QED) is 0.863. The molecular formula is C11H15ClN2O3. The number of carbonyl (C=O) groups excluding carboxylic acids is 1. The number of carbonyl (C=O) groups is 2. The summed E-state index contributed by atoms with van der Waals surface area (Å²) < 4.78 is 1.59. The van der Waals surface area contributed by atoms with Gasteiger partial charge in [-0.3, -0.25) is 9.59 Å². The number of amides is 1. The van der Waals surface area contributed by atoms with Gasteiger partial charge in [0.15, 0.2) is 0 Å². The molecule has 0 atom stereocenters. The topological polar surface area (TPSA) is 71.3 Å². The fraction of sp³-hybridized carbons (Fsp3) is 0.455. The number of aromatic nitrogens is 1. The third kappa shape index (κ3) is 3.78. The molecule has 1 aromatic rings. The van der Waals surface area contributed by atoms with Crippen molar-refractivity contribution in [2.24, 2.45) is 7.05 Å². The van der Waals surface area contributed by atoms with Crippen molar-refractivity contribution in [2.75, 3.05) is 0 Å². The van der Waals surface area contributed by atoms with Crippen molar-refractivity contribution in [3.63, 3.8) is 0 Å². The van der Waals surface area contributed by atoms with Gasteiger partial charge in [-0.15, -0.1) is 0 Å². The third-order valence-electron chi connectivity index (χ3n) is 2.25. The van der Waals surface area contributed by atoms with E-state index in [2.05, 4.69) is 5.32 Å². The van der Waals surface area contributed by atoms with E-state index in [-0.39, 0.29) is 12.3 Å². The highest BCUT2D eigenvalue weighted by Crippen LogP contribution is 2.15. The van der Waals surface area contributed by atoms with Crippen LogP contribution in [-0.4, -0.2) is 27.1 Å². The molecule has 6 heteroatoms. The molecule has 0 aliphatic carbocycles. The molecular weight excluding hydrogens is 244 g/mol. The predicted octanol–water partition coefficient (Wildman–Crippen LogP) is 1.66. The molecule has 0 unspecified atom stereocenters. The largest absolute Gasteiger partial charge is 0.481 e. The molecule has 17 heavy (non-hydrogen) atoms. The van der Waals surface area contributed by atoms with Crippen molar-refractivity contribution in [1.29, 1.82) is 0 Å². The monoisotopic (exact) mass is 258 g/mol. The Morgan fingerprint density at radius 2 is 2.12 bits per heavy atom. The van der Waals surface area contributed by atoms with E-state index in [9.17, 15) is 9.59 Å². The van der Waals surface area contributed by atoms with E-state index in [4.69, 9.17) is 16.7 Å². The number of rotatable bonds is 4.